The molecular weight excluding hydrogens is 392 g/mol. The van der Waals surface area contributed by atoms with Gasteiger partial charge in [0.05, 0.1) is 24.6 Å². The topological polar surface area (TPSA) is 87.6 Å². The quantitative estimate of drug-likeness (QED) is 0.388. The predicted octanol–water partition coefficient (Wildman–Crippen LogP) is 2.49. The standard InChI is InChI=1S/C24H22N4O3/c29-24(27-30)21-9-10-25-23(15-21)20-6-3-18(4-7-20)1-2-19-5-8-22(26-16-19)17-28-11-13-31-14-12-28/h3-10,15-16,30H,11-14,17H2,(H,27,29). The van der Waals surface area contributed by atoms with Gasteiger partial charge in [0.25, 0.3) is 5.91 Å². The third-order valence-electron chi connectivity index (χ3n) is 4.97. The van der Waals surface area contributed by atoms with Crippen molar-refractivity contribution >= 4 is 5.91 Å². The summed E-state index contributed by atoms with van der Waals surface area (Å²) in [6.07, 6.45) is 3.34. The van der Waals surface area contributed by atoms with Crippen LogP contribution in [0.5, 0.6) is 0 Å². The van der Waals surface area contributed by atoms with Crippen molar-refractivity contribution in [3.63, 3.8) is 0 Å². The summed E-state index contributed by atoms with van der Waals surface area (Å²) in [6, 6.07) is 14.8. The molecule has 0 spiro atoms. The van der Waals surface area contributed by atoms with Crippen molar-refractivity contribution in [1.29, 1.82) is 0 Å². The number of carbonyl (C=O) groups excluding carboxylic acids is 1. The fourth-order valence-electron chi connectivity index (χ4n) is 3.24. The highest BCUT2D eigenvalue weighted by atomic mass is 16.5. The van der Waals surface area contributed by atoms with E-state index in [-0.39, 0.29) is 0 Å². The first-order valence-electron chi connectivity index (χ1n) is 9.99. The lowest BCUT2D eigenvalue weighted by Gasteiger charge is -2.26. The van der Waals surface area contributed by atoms with Crippen LogP contribution in [0.25, 0.3) is 11.3 Å². The molecule has 156 valence electrons. The van der Waals surface area contributed by atoms with Gasteiger partial charge in [0, 0.05) is 54.3 Å². The first-order valence-corrected chi connectivity index (χ1v) is 9.99. The van der Waals surface area contributed by atoms with Crippen LogP contribution in [0.2, 0.25) is 0 Å². The second kappa shape index (κ2) is 9.96. The predicted molar refractivity (Wildman–Crippen MR) is 115 cm³/mol. The second-order valence-corrected chi connectivity index (χ2v) is 7.12. The normalized spacial score (nSPS) is 13.8. The Balaban J connectivity index is 1.41. The summed E-state index contributed by atoms with van der Waals surface area (Å²) in [4.78, 5) is 22.7. The van der Waals surface area contributed by atoms with Gasteiger partial charge in [-0.1, -0.05) is 24.0 Å². The number of amides is 1. The number of carbonyl (C=O) groups is 1. The largest absolute Gasteiger partial charge is 0.379 e. The zero-order valence-electron chi connectivity index (χ0n) is 16.9. The van der Waals surface area contributed by atoms with E-state index in [1.54, 1.807) is 17.7 Å². The Morgan fingerprint density at radius 1 is 1.03 bits per heavy atom. The molecule has 0 aliphatic carbocycles. The molecule has 1 fully saturated rings. The zero-order chi connectivity index (χ0) is 21.5. The fourth-order valence-corrected chi connectivity index (χ4v) is 3.24. The maximum absolute atomic E-state index is 11.6. The molecule has 0 saturated carbocycles. The number of nitrogens with zero attached hydrogens (tertiary/aromatic N) is 3. The molecule has 2 aromatic heterocycles. The second-order valence-electron chi connectivity index (χ2n) is 7.12. The summed E-state index contributed by atoms with van der Waals surface area (Å²) in [7, 11) is 0. The molecule has 7 nitrogen and oxygen atoms in total. The molecule has 3 aromatic rings. The van der Waals surface area contributed by atoms with Gasteiger partial charge in [0.1, 0.15) is 0 Å². The summed E-state index contributed by atoms with van der Waals surface area (Å²) in [5, 5.41) is 8.78. The van der Waals surface area contributed by atoms with E-state index in [1.807, 2.05) is 36.4 Å². The van der Waals surface area contributed by atoms with Gasteiger partial charge in [-0.05, 0) is 36.4 Å². The molecule has 2 N–H and O–H groups in total. The Hall–Kier alpha value is -3.57. The summed E-state index contributed by atoms with van der Waals surface area (Å²) < 4.78 is 5.37. The van der Waals surface area contributed by atoms with Crippen molar-refractivity contribution in [1.82, 2.24) is 20.3 Å². The molecule has 1 saturated heterocycles. The van der Waals surface area contributed by atoms with E-state index < -0.39 is 5.91 Å². The monoisotopic (exact) mass is 414 g/mol. The van der Waals surface area contributed by atoms with Gasteiger partial charge in [0.2, 0.25) is 0 Å². The Labute approximate surface area is 180 Å². The third-order valence-corrected chi connectivity index (χ3v) is 4.97. The Morgan fingerprint density at radius 2 is 1.77 bits per heavy atom. The van der Waals surface area contributed by atoms with Gasteiger partial charge in [-0.2, -0.15) is 0 Å². The van der Waals surface area contributed by atoms with Gasteiger partial charge in [-0.15, -0.1) is 0 Å². The van der Waals surface area contributed by atoms with Crippen LogP contribution in [0.4, 0.5) is 0 Å². The molecule has 31 heavy (non-hydrogen) atoms. The van der Waals surface area contributed by atoms with Crippen LogP contribution in [0, 0.1) is 11.8 Å². The van der Waals surface area contributed by atoms with E-state index in [1.165, 1.54) is 12.3 Å². The molecular formula is C24H22N4O3. The van der Waals surface area contributed by atoms with Crippen molar-refractivity contribution in [3.05, 3.63) is 83.3 Å². The third kappa shape index (κ3) is 5.53. The van der Waals surface area contributed by atoms with E-state index in [2.05, 4.69) is 26.7 Å². The summed E-state index contributed by atoms with van der Waals surface area (Å²) in [5.41, 5.74) is 6.21. The Bertz CT molecular complexity index is 1100. The number of hydrogen-bond acceptors (Lipinski definition) is 6. The van der Waals surface area contributed by atoms with E-state index in [0.29, 0.717) is 11.3 Å². The number of ether oxygens (including phenoxy) is 1. The lowest BCUT2D eigenvalue weighted by molar-refractivity contribution is 0.0336. The van der Waals surface area contributed by atoms with E-state index in [0.717, 1.165) is 55.2 Å². The Morgan fingerprint density at radius 3 is 2.48 bits per heavy atom. The molecule has 1 aliphatic rings. The molecule has 0 unspecified atom stereocenters. The minimum absolute atomic E-state index is 0.334. The van der Waals surface area contributed by atoms with Crippen LogP contribution in [0.15, 0.2) is 60.9 Å². The highest BCUT2D eigenvalue weighted by Gasteiger charge is 2.11. The number of hydroxylamine groups is 1. The molecule has 0 atom stereocenters. The fraction of sp³-hybridized carbons (Fsp3) is 0.208. The van der Waals surface area contributed by atoms with Gasteiger partial charge in [-0.25, -0.2) is 5.48 Å². The molecule has 0 radical (unpaired) electrons. The first-order chi connectivity index (χ1) is 15.2. The summed E-state index contributed by atoms with van der Waals surface area (Å²) in [6.45, 7) is 4.26. The number of aromatic nitrogens is 2. The van der Waals surface area contributed by atoms with E-state index in [9.17, 15) is 4.79 Å². The molecule has 1 aliphatic heterocycles. The van der Waals surface area contributed by atoms with Crippen LogP contribution in [0.3, 0.4) is 0 Å². The number of pyridine rings is 2. The number of rotatable bonds is 4. The highest BCUT2D eigenvalue weighted by Crippen LogP contribution is 2.18. The average Bonchev–Trinajstić information content (AvgIpc) is 2.84. The average molecular weight is 414 g/mol. The maximum atomic E-state index is 11.6. The van der Waals surface area contributed by atoms with E-state index >= 15 is 0 Å². The SMILES string of the molecule is O=C(NO)c1ccnc(-c2ccc(C#Cc3ccc(CN4CCOCC4)nc3)cc2)c1. The highest BCUT2D eigenvalue weighted by molar-refractivity contribution is 5.94. The van der Waals surface area contributed by atoms with Crippen molar-refractivity contribution in [2.45, 2.75) is 6.54 Å². The molecule has 7 heteroatoms. The lowest BCUT2D eigenvalue weighted by atomic mass is 10.1. The lowest BCUT2D eigenvalue weighted by Crippen LogP contribution is -2.35. The van der Waals surface area contributed by atoms with Crippen LogP contribution in [0.1, 0.15) is 27.2 Å². The summed E-state index contributed by atoms with van der Waals surface area (Å²) >= 11 is 0. The van der Waals surface area contributed by atoms with Crippen LogP contribution < -0.4 is 5.48 Å². The molecule has 0 bridgehead atoms. The molecule has 1 amide bonds. The van der Waals surface area contributed by atoms with Crippen molar-refractivity contribution in [3.8, 4) is 23.1 Å². The van der Waals surface area contributed by atoms with Crippen molar-refractivity contribution in [2.75, 3.05) is 26.3 Å². The summed E-state index contributed by atoms with van der Waals surface area (Å²) in [5.74, 6) is 5.71. The van der Waals surface area contributed by atoms with Crippen LogP contribution >= 0.6 is 0 Å². The number of morpholine rings is 1. The minimum atomic E-state index is -0.573. The number of benzene rings is 1. The zero-order valence-corrected chi connectivity index (χ0v) is 16.9. The molecule has 4 rings (SSSR count). The smallest absolute Gasteiger partial charge is 0.274 e. The van der Waals surface area contributed by atoms with Crippen molar-refractivity contribution in [2.24, 2.45) is 0 Å². The first kappa shape index (κ1) is 20.7. The van der Waals surface area contributed by atoms with Gasteiger partial charge in [-0.3, -0.25) is 24.9 Å². The van der Waals surface area contributed by atoms with Gasteiger partial charge in [0.15, 0.2) is 0 Å². The number of nitrogens with one attached hydrogen (secondary N) is 1. The Kier molecular flexibility index (Phi) is 6.65. The minimum Gasteiger partial charge on any atom is -0.379 e. The van der Waals surface area contributed by atoms with E-state index in [4.69, 9.17) is 9.94 Å². The van der Waals surface area contributed by atoms with Gasteiger partial charge < -0.3 is 4.74 Å². The number of hydrogen-bond donors (Lipinski definition) is 2. The molecule has 1 aromatic carbocycles. The van der Waals surface area contributed by atoms with Crippen LogP contribution in [-0.2, 0) is 11.3 Å². The van der Waals surface area contributed by atoms with Crippen LogP contribution in [-0.4, -0.2) is 52.3 Å². The molecule has 3 heterocycles. The van der Waals surface area contributed by atoms with Crippen molar-refractivity contribution < 1.29 is 14.7 Å². The maximum Gasteiger partial charge on any atom is 0.274 e. The van der Waals surface area contributed by atoms with Gasteiger partial charge >= 0.3 is 0 Å².